The van der Waals surface area contributed by atoms with Crippen LogP contribution in [0.15, 0.2) is 101 Å². The summed E-state index contributed by atoms with van der Waals surface area (Å²) in [5, 5.41) is 2.02. The van der Waals surface area contributed by atoms with Crippen molar-refractivity contribution in [2.24, 2.45) is 0 Å². The molecule has 0 saturated heterocycles. The molecule has 0 aliphatic heterocycles. The quantitative estimate of drug-likeness (QED) is 0.359. The lowest BCUT2D eigenvalue weighted by Crippen LogP contribution is -1.83. The van der Waals surface area contributed by atoms with E-state index >= 15 is 0 Å². The van der Waals surface area contributed by atoms with Crippen molar-refractivity contribution in [3.8, 4) is 11.3 Å². The van der Waals surface area contributed by atoms with Crippen LogP contribution in [0.25, 0.3) is 11.3 Å². The zero-order valence-corrected chi connectivity index (χ0v) is 16.5. The van der Waals surface area contributed by atoms with Gasteiger partial charge >= 0.3 is 0 Å². The van der Waals surface area contributed by atoms with Gasteiger partial charge in [-0.3, -0.25) is 0 Å². The molecule has 4 aromatic rings. The van der Waals surface area contributed by atoms with Gasteiger partial charge in [0.2, 0.25) is 0 Å². The zero-order chi connectivity index (χ0) is 18.3. The summed E-state index contributed by atoms with van der Waals surface area (Å²) in [5.74, 6) is 1.82. The van der Waals surface area contributed by atoms with Crippen molar-refractivity contribution >= 4 is 23.5 Å². The number of nitrogens with one attached hydrogen (secondary N) is 1. The van der Waals surface area contributed by atoms with E-state index in [0.29, 0.717) is 0 Å². The number of thioether (sulfide) groups is 2. The first-order valence-corrected chi connectivity index (χ1v) is 10.8. The fourth-order valence-corrected chi connectivity index (χ4v) is 4.61. The summed E-state index contributed by atoms with van der Waals surface area (Å²) in [5.41, 5.74) is 4.89. The molecule has 2 nitrogen and oxygen atoms in total. The molecular weight excluding hydrogens is 368 g/mol. The first-order valence-electron chi connectivity index (χ1n) is 8.87. The lowest BCUT2D eigenvalue weighted by molar-refractivity contribution is 1.02. The first kappa shape index (κ1) is 18.0. The Morgan fingerprint density at radius 1 is 0.630 bits per heavy atom. The highest BCUT2D eigenvalue weighted by Gasteiger charge is 2.13. The van der Waals surface area contributed by atoms with Crippen LogP contribution in [-0.2, 0) is 11.5 Å². The highest BCUT2D eigenvalue weighted by molar-refractivity contribution is 7.99. The number of H-pyrrole nitrogens is 1. The molecule has 1 heterocycles. The summed E-state index contributed by atoms with van der Waals surface area (Å²) in [6.07, 6.45) is 0. The Morgan fingerprint density at radius 3 is 1.74 bits per heavy atom. The van der Waals surface area contributed by atoms with Gasteiger partial charge in [0.1, 0.15) is 5.03 Å². The molecule has 1 N–H and O–H groups in total. The first-order chi connectivity index (χ1) is 13.4. The molecule has 0 bridgehead atoms. The molecule has 27 heavy (non-hydrogen) atoms. The van der Waals surface area contributed by atoms with E-state index in [2.05, 4.69) is 83.8 Å². The van der Waals surface area contributed by atoms with Crippen molar-refractivity contribution in [2.75, 3.05) is 0 Å². The van der Waals surface area contributed by atoms with Crippen LogP contribution in [0, 0.1) is 0 Å². The summed E-state index contributed by atoms with van der Waals surface area (Å²) in [6, 6.07) is 31.5. The topological polar surface area (TPSA) is 28.7 Å². The van der Waals surface area contributed by atoms with Gasteiger partial charge in [-0.25, -0.2) is 4.98 Å². The third-order valence-electron chi connectivity index (χ3n) is 4.15. The van der Waals surface area contributed by atoms with E-state index < -0.39 is 0 Å². The minimum absolute atomic E-state index is 0.908. The van der Waals surface area contributed by atoms with Crippen LogP contribution in [0.5, 0.6) is 0 Å². The van der Waals surface area contributed by atoms with Gasteiger partial charge in [-0.2, -0.15) is 0 Å². The Labute approximate surface area is 168 Å². The second-order valence-corrected chi connectivity index (χ2v) is 8.06. The highest BCUT2D eigenvalue weighted by atomic mass is 32.2. The van der Waals surface area contributed by atoms with Crippen LogP contribution in [-0.4, -0.2) is 9.97 Å². The lowest BCUT2D eigenvalue weighted by Gasteiger charge is -2.03. The van der Waals surface area contributed by atoms with E-state index in [1.165, 1.54) is 16.7 Å². The normalized spacial score (nSPS) is 10.8. The Balaban J connectivity index is 1.55. The van der Waals surface area contributed by atoms with Crippen molar-refractivity contribution in [3.63, 3.8) is 0 Å². The van der Waals surface area contributed by atoms with E-state index in [1.54, 1.807) is 23.5 Å². The van der Waals surface area contributed by atoms with Gasteiger partial charge < -0.3 is 4.98 Å². The average molecular weight is 389 g/mol. The molecule has 0 saturated carbocycles. The molecule has 0 aliphatic rings. The summed E-state index contributed by atoms with van der Waals surface area (Å²) in [6.45, 7) is 0. The van der Waals surface area contributed by atoms with Crippen LogP contribution in [0.4, 0.5) is 0 Å². The number of aromatic amines is 1. The van der Waals surface area contributed by atoms with Crippen molar-refractivity contribution in [2.45, 2.75) is 21.7 Å². The van der Waals surface area contributed by atoms with Crippen LogP contribution in [0.3, 0.4) is 0 Å². The number of aromatic nitrogens is 2. The standard InChI is InChI=1S/C23H20N2S2/c1-4-10-18(11-5-1)16-26-22-21(20-14-8-3-9-15-20)24-23(25-22)27-17-19-12-6-2-7-13-19/h1-15H,16-17H2,(H,24,25). The molecule has 0 fully saturated rings. The summed E-state index contributed by atoms with van der Waals surface area (Å²) < 4.78 is 0. The minimum atomic E-state index is 0.908. The number of nitrogens with zero attached hydrogens (tertiary/aromatic N) is 1. The molecule has 134 valence electrons. The maximum atomic E-state index is 4.89. The maximum absolute atomic E-state index is 4.89. The fourth-order valence-electron chi connectivity index (χ4n) is 2.76. The maximum Gasteiger partial charge on any atom is 0.167 e. The molecule has 0 aliphatic carbocycles. The van der Waals surface area contributed by atoms with E-state index in [9.17, 15) is 0 Å². The number of hydrogen-bond acceptors (Lipinski definition) is 3. The minimum Gasteiger partial charge on any atom is -0.332 e. The number of rotatable bonds is 7. The molecule has 0 unspecified atom stereocenters. The van der Waals surface area contributed by atoms with Crippen molar-refractivity contribution < 1.29 is 0 Å². The second-order valence-electron chi connectivity index (χ2n) is 6.14. The smallest absolute Gasteiger partial charge is 0.167 e. The number of imidazole rings is 1. The Morgan fingerprint density at radius 2 is 1.15 bits per heavy atom. The molecule has 0 atom stereocenters. The van der Waals surface area contributed by atoms with Crippen molar-refractivity contribution in [1.29, 1.82) is 0 Å². The Bertz CT molecular complexity index is 967. The highest BCUT2D eigenvalue weighted by Crippen LogP contribution is 2.34. The zero-order valence-electron chi connectivity index (χ0n) is 14.8. The monoisotopic (exact) mass is 388 g/mol. The molecular formula is C23H20N2S2. The van der Waals surface area contributed by atoms with Crippen LogP contribution in [0.1, 0.15) is 11.1 Å². The van der Waals surface area contributed by atoms with Gasteiger partial charge in [0, 0.05) is 17.1 Å². The molecule has 0 spiro atoms. The van der Waals surface area contributed by atoms with Crippen LogP contribution in [0.2, 0.25) is 0 Å². The summed E-state index contributed by atoms with van der Waals surface area (Å²) in [7, 11) is 0. The van der Waals surface area contributed by atoms with E-state index in [1.807, 2.05) is 12.1 Å². The van der Waals surface area contributed by atoms with Crippen LogP contribution >= 0.6 is 23.5 Å². The lowest BCUT2D eigenvalue weighted by atomic mass is 10.2. The van der Waals surface area contributed by atoms with Gasteiger partial charge in [-0.05, 0) is 11.1 Å². The SMILES string of the molecule is c1ccc(CSc2nc(SCc3ccccc3)c(-c3ccccc3)[nH]2)cc1. The van der Waals surface area contributed by atoms with E-state index in [4.69, 9.17) is 4.98 Å². The molecule has 4 rings (SSSR count). The second kappa shape index (κ2) is 8.98. The molecule has 0 amide bonds. The fraction of sp³-hybridized carbons (Fsp3) is 0.0870. The summed E-state index contributed by atoms with van der Waals surface area (Å²) >= 11 is 3.53. The van der Waals surface area contributed by atoms with Crippen molar-refractivity contribution in [1.82, 2.24) is 9.97 Å². The van der Waals surface area contributed by atoms with Gasteiger partial charge in [0.15, 0.2) is 5.16 Å². The van der Waals surface area contributed by atoms with Gasteiger partial charge in [0.05, 0.1) is 5.69 Å². The largest absolute Gasteiger partial charge is 0.332 e. The number of benzene rings is 3. The Kier molecular flexibility index (Phi) is 5.97. The third-order valence-corrected chi connectivity index (χ3v) is 6.14. The average Bonchev–Trinajstić information content (AvgIpc) is 3.16. The van der Waals surface area contributed by atoms with Gasteiger partial charge in [-0.1, -0.05) is 115 Å². The Hall–Kier alpha value is -2.43. The molecule has 1 aromatic heterocycles. The van der Waals surface area contributed by atoms with Gasteiger partial charge in [-0.15, -0.1) is 0 Å². The molecule has 3 aromatic carbocycles. The van der Waals surface area contributed by atoms with E-state index in [-0.39, 0.29) is 0 Å². The van der Waals surface area contributed by atoms with Crippen molar-refractivity contribution in [3.05, 3.63) is 102 Å². The summed E-state index contributed by atoms with van der Waals surface area (Å²) in [4.78, 5) is 8.42. The molecule has 4 heteroatoms. The van der Waals surface area contributed by atoms with Crippen LogP contribution < -0.4 is 0 Å². The predicted octanol–water partition coefficient (Wildman–Crippen LogP) is 6.66. The van der Waals surface area contributed by atoms with E-state index in [0.717, 1.165) is 27.4 Å². The number of hydrogen-bond donors (Lipinski definition) is 1. The predicted molar refractivity (Wildman–Crippen MR) is 116 cm³/mol. The molecule has 0 radical (unpaired) electrons. The van der Waals surface area contributed by atoms with Gasteiger partial charge in [0.25, 0.3) is 0 Å². The third kappa shape index (κ3) is 4.85.